The SMILES string of the molecule is C[C@H](N)CSc1ccccc1[N+](=O)[O-]. The van der Waals surface area contributed by atoms with E-state index >= 15 is 0 Å². The fraction of sp³-hybridized carbons (Fsp3) is 0.333. The van der Waals surface area contributed by atoms with Gasteiger partial charge in [-0.15, -0.1) is 11.8 Å². The minimum absolute atomic E-state index is 0.0415. The Morgan fingerprint density at radius 2 is 2.21 bits per heavy atom. The highest BCUT2D eigenvalue weighted by molar-refractivity contribution is 7.99. The molecule has 0 saturated carbocycles. The van der Waals surface area contributed by atoms with E-state index in [4.69, 9.17) is 5.73 Å². The van der Waals surface area contributed by atoms with Gasteiger partial charge >= 0.3 is 0 Å². The van der Waals surface area contributed by atoms with Crippen LogP contribution >= 0.6 is 11.8 Å². The average molecular weight is 212 g/mol. The highest BCUT2D eigenvalue weighted by Crippen LogP contribution is 2.28. The van der Waals surface area contributed by atoms with Crippen LogP contribution in [0.3, 0.4) is 0 Å². The minimum atomic E-state index is -0.372. The summed E-state index contributed by atoms with van der Waals surface area (Å²) < 4.78 is 0. The molecular weight excluding hydrogens is 200 g/mol. The van der Waals surface area contributed by atoms with Crippen molar-refractivity contribution in [2.45, 2.75) is 17.9 Å². The van der Waals surface area contributed by atoms with E-state index < -0.39 is 0 Å². The van der Waals surface area contributed by atoms with Crippen molar-refractivity contribution in [1.29, 1.82) is 0 Å². The number of nitrogens with two attached hydrogens (primary N) is 1. The summed E-state index contributed by atoms with van der Waals surface area (Å²) in [7, 11) is 0. The smallest absolute Gasteiger partial charge is 0.282 e. The summed E-state index contributed by atoms with van der Waals surface area (Å²) in [6, 6.07) is 6.74. The normalized spacial score (nSPS) is 12.4. The maximum Gasteiger partial charge on any atom is 0.282 e. The van der Waals surface area contributed by atoms with Crippen molar-refractivity contribution < 1.29 is 4.92 Å². The molecule has 0 saturated heterocycles. The van der Waals surface area contributed by atoms with Crippen LogP contribution in [0.4, 0.5) is 5.69 Å². The Balaban J connectivity index is 2.79. The lowest BCUT2D eigenvalue weighted by molar-refractivity contribution is -0.387. The van der Waals surface area contributed by atoms with Gasteiger partial charge in [0, 0.05) is 17.9 Å². The van der Waals surface area contributed by atoms with Crippen LogP contribution in [0, 0.1) is 10.1 Å². The zero-order valence-electron chi connectivity index (χ0n) is 7.84. The monoisotopic (exact) mass is 212 g/mol. The van der Waals surface area contributed by atoms with Crippen molar-refractivity contribution in [2.75, 3.05) is 5.75 Å². The van der Waals surface area contributed by atoms with Crippen molar-refractivity contribution in [1.82, 2.24) is 0 Å². The third-order valence-electron chi connectivity index (χ3n) is 1.56. The van der Waals surface area contributed by atoms with Crippen LogP contribution in [0.2, 0.25) is 0 Å². The van der Waals surface area contributed by atoms with Crippen molar-refractivity contribution in [3.8, 4) is 0 Å². The van der Waals surface area contributed by atoms with Crippen LogP contribution in [0.25, 0.3) is 0 Å². The molecule has 14 heavy (non-hydrogen) atoms. The number of nitro groups is 1. The first kappa shape index (κ1) is 11.0. The van der Waals surface area contributed by atoms with Gasteiger partial charge in [-0.1, -0.05) is 12.1 Å². The van der Waals surface area contributed by atoms with E-state index in [1.165, 1.54) is 17.8 Å². The van der Waals surface area contributed by atoms with E-state index in [1.54, 1.807) is 18.2 Å². The summed E-state index contributed by atoms with van der Waals surface area (Å²) in [5.74, 6) is 0.685. The molecule has 0 aliphatic rings. The van der Waals surface area contributed by atoms with Gasteiger partial charge in [0.15, 0.2) is 0 Å². The Kier molecular flexibility index (Phi) is 3.91. The van der Waals surface area contributed by atoms with Gasteiger partial charge in [0.1, 0.15) is 0 Å². The molecule has 0 radical (unpaired) electrons. The first-order valence-electron chi connectivity index (χ1n) is 4.23. The molecule has 2 N–H and O–H groups in total. The van der Waals surface area contributed by atoms with Gasteiger partial charge in [-0.25, -0.2) is 0 Å². The largest absolute Gasteiger partial charge is 0.327 e. The highest BCUT2D eigenvalue weighted by Gasteiger charge is 2.12. The van der Waals surface area contributed by atoms with Gasteiger partial charge in [0.05, 0.1) is 9.82 Å². The van der Waals surface area contributed by atoms with Crippen LogP contribution in [-0.4, -0.2) is 16.7 Å². The first-order valence-corrected chi connectivity index (χ1v) is 5.21. The second-order valence-electron chi connectivity index (χ2n) is 3.01. The molecule has 76 valence electrons. The molecule has 0 spiro atoms. The van der Waals surface area contributed by atoms with E-state index in [-0.39, 0.29) is 16.7 Å². The zero-order chi connectivity index (χ0) is 10.6. The number of hydrogen-bond acceptors (Lipinski definition) is 4. The Labute approximate surface area is 86.6 Å². The van der Waals surface area contributed by atoms with Crippen LogP contribution in [0.5, 0.6) is 0 Å². The molecule has 1 aromatic carbocycles. The Hall–Kier alpha value is -1.07. The molecule has 1 rings (SSSR count). The molecule has 1 aromatic rings. The fourth-order valence-electron chi connectivity index (χ4n) is 0.951. The van der Waals surface area contributed by atoms with E-state index in [0.717, 1.165) is 0 Å². The Morgan fingerprint density at radius 1 is 1.57 bits per heavy atom. The molecule has 4 nitrogen and oxygen atoms in total. The lowest BCUT2D eigenvalue weighted by Gasteiger charge is -2.04. The Bertz CT molecular complexity index is 328. The quantitative estimate of drug-likeness (QED) is 0.471. The van der Waals surface area contributed by atoms with Gasteiger partial charge in [0.2, 0.25) is 0 Å². The molecule has 0 amide bonds. The summed E-state index contributed by atoms with van der Waals surface area (Å²) in [6.07, 6.45) is 0. The molecule has 0 bridgehead atoms. The van der Waals surface area contributed by atoms with Gasteiger partial charge < -0.3 is 5.73 Å². The molecule has 0 fully saturated rings. The van der Waals surface area contributed by atoms with Crippen LogP contribution < -0.4 is 5.73 Å². The zero-order valence-corrected chi connectivity index (χ0v) is 8.66. The lowest BCUT2D eigenvalue weighted by atomic mass is 10.3. The topological polar surface area (TPSA) is 69.2 Å². The number of para-hydroxylation sites is 1. The second-order valence-corrected chi connectivity index (χ2v) is 4.07. The third-order valence-corrected chi connectivity index (χ3v) is 2.91. The van der Waals surface area contributed by atoms with E-state index in [0.29, 0.717) is 10.6 Å². The van der Waals surface area contributed by atoms with Gasteiger partial charge in [-0.05, 0) is 13.0 Å². The Morgan fingerprint density at radius 3 is 2.79 bits per heavy atom. The molecule has 0 unspecified atom stereocenters. The molecule has 0 aliphatic heterocycles. The summed E-state index contributed by atoms with van der Waals surface area (Å²) in [4.78, 5) is 10.9. The lowest BCUT2D eigenvalue weighted by Crippen LogP contribution is -2.17. The minimum Gasteiger partial charge on any atom is -0.327 e. The van der Waals surface area contributed by atoms with Crippen LogP contribution in [-0.2, 0) is 0 Å². The molecule has 0 aliphatic carbocycles. The van der Waals surface area contributed by atoms with Crippen LogP contribution in [0.15, 0.2) is 29.2 Å². The molecular formula is C9H12N2O2S. The molecule has 1 atom stereocenters. The molecule has 0 heterocycles. The predicted molar refractivity (Wildman–Crippen MR) is 57.5 cm³/mol. The highest BCUT2D eigenvalue weighted by atomic mass is 32.2. The van der Waals surface area contributed by atoms with Crippen molar-refractivity contribution in [2.24, 2.45) is 5.73 Å². The fourth-order valence-corrected chi connectivity index (χ4v) is 1.86. The number of rotatable bonds is 4. The number of nitro benzene ring substituents is 1. The number of hydrogen-bond donors (Lipinski definition) is 1. The number of thioether (sulfide) groups is 1. The van der Waals surface area contributed by atoms with Crippen molar-refractivity contribution >= 4 is 17.4 Å². The van der Waals surface area contributed by atoms with E-state index in [1.807, 2.05) is 6.92 Å². The standard InChI is InChI=1S/C9H12N2O2S/c1-7(10)6-14-9-5-3-2-4-8(9)11(12)13/h2-5,7H,6,10H2,1H3/t7-/m0/s1. The van der Waals surface area contributed by atoms with E-state index in [2.05, 4.69) is 0 Å². The summed E-state index contributed by atoms with van der Waals surface area (Å²) in [5.41, 5.74) is 5.73. The maximum atomic E-state index is 10.6. The number of benzene rings is 1. The van der Waals surface area contributed by atoms with Gasteiger partial charge in [0.25, 0.3) is 5.69 Å². The van der Waals surface area contributed by atoms with Gasteiger partial charge in [-0.3, -0.25) is 10.1 Å². The number of nitrogens with zero attached hydrogens (tertiary/aromatic N) is 1. The van der Waals surface area contributed by atoms with Crippen molar-refractivity contribution in [3.63, 3.8) is 0 Å². The van der Waals surface area contributed by atoms with E-state index in [9.17, 15) is 10.1 Å². The van der Waals surface area contributed by atoms with Crippen LogP contribution in [0.1, 0.15) is 6.92 Å². The van der Waals surface area contributed by atoms with Crippen molar-refractivity contribution in [3.05, 3.63) is 34.4 Å². The summed E-state index contributed by atoms with van der Waals surface area (Å²) in [5, 5.41) is 10.6. The second kappa shape index (κ2) is 4.97. The summed E-state index contributed by atoms with van der Waals surface area (Å²) >= 11 is 1.42. The maximum absolute atomic E-state index is 10.6. The van der Waals surface area contributed by atoms with Gasteiger partial charge in [-0.2, -0.15) is 0 Å². The average Bonchev–Trinajstić information content (AvgIpc) is 2.15. The molecule has 0 aromatic heterocycles. The third kappa shape index (κ3) is 3.01. The molecule has 5 heteroatoms. The summed E-state index contributed by atoms with van der Waals surface area (Å²) in [6.45, 7) is 1.88. The predicted octanol–water partition coefficient (Wildman–Crippen LogP) is 2.03. The first-order chi connectivity index (χ1) is 6.61.